The van der Waals surface area contributed by atoms with E-state index in [-0.39, 0.29) is 11.7 Å². The second-order valence-electron chi connectivity index (χ2n) is 3.65. The standard InChI is InChI=1S/C12H16F2N2O2/c1-9(17)16-7-6-15-8-10-4-2-3-5-11(10)18-12(13)14/h2-5,12,15H,6-8H2,1H3,(H,16,17). The fourth-order valence-corrected chi connectivity index (χ4v) is 1.41. The average Bonchev–Trinajstić information content (AvgIpc) is 2.29. The van der Waals surface area contributed by atoms with Gasteiger partial charge in [0.05, 0.1) is 0 Å². The molecule has 0 fully saturated rings. The van der Waals surface area contributed by atoms with E-state index in [1.54, 1.807) is 18.2 Å². The minimum atomic E-state index is -2.83. The van der Waals surface area contributed by atoms with Gasteiger partial charge < -0.3 is 15.4 Å². The first kappa shape index (κ1) is 14.4. The number of hydrogen-bond donors (Lipinski definition) is 2. The van der Waals surface area contributed by atoms with Crippen molar-refractivity contribution in [3.8, 4) is 5.75 Å². The number of carbonyl (C=O) groups is 1. The molecule has 0 heterocycles. The lowest BCUT2D eigenvalue weighted by Gasteiger charge is -2.11. The summed E-state index contributed by atoms with van der Waals surface area (Å²) in [6, 6.07) is 6.60. The van der Waals surface area contributed by atoms with Gasteiger partial charge in [0.1, 0.15) is 5.75 Å². The van der Waals surface area contributed by atoms with Crippen LogP contribution in [0.15, 0.2) is 24.3 Å². The van der Waals surface area contributed by atoms with Gasteiger partial charge >= 0.3 is 6.61 Å². The molecule has 0 saturated heterocycles. The second-order valence-corrected chi connectivity index (χ2v) is 3.65. The van der Waals surface area contributed by atoms with Gasteiger partial charge in [-0.05, 0) is 6.07 Å². The summed E-state index contributed by atoms with van der Waals surface area (Å²) >= 11 is 0. The molecule has 0 aromatic heterocycles. The summed E-state index contributed by atoms with van der Waals surface area (Å²) in [5, 5.41) is 5.66. The largest absolute Gasteiger partial charge is 0.434 e. The van der Waals surface area contributed by atoms with Crippen LogP contribution >= 0.6 is 0 Å². The van der Waals surface area contributed by atoms with Crippen molar-refractivity contribution in [1.82, 2.24) is 10.6 Å². The van der Waals surface area contributed by atoms with Crippen molar-refractivity contribution in [3.05, 3.63) is 29.8 Å². The van der Waals surface area contributed by atoms with Crippen LogP contribution < -0.4 is 15.4 Å². The highest BCUT2D eigenvalue weighted by Crippen LogP contribution is 2.19. The maximum Gasteiger partial charge on any atom is 0.387 e. The molecule has 0 saturated carbocycles. The molecule has 0 aliphatic heterocycles. The molecule has 0 aliphatic carbocycles. The van der Waals surface area contributed by atoms with Crippen LogP contribution in [-0.2, 0) is 11.3 Å². The van der Waals surface area contributed by atoms with Gasteiger partial charge in [-0.1, -0.05) is 18.2 Å². The third-order valence-electron chi connectivity index (χ3n) is 2.18. The van der Waals surface area contributed by atoms with E-state index in [0.717, 1.165) is 0 Å². The molecule has 0 bridgehead atoms. The molecule has 100 valence electrons. The van der Waals surface area contributed by atoms with Gasteiger partial charge in [-0.3, -0.25) is 4.79 Å². The van der Waals surface area contributed by atoms with Crippen LogP contribution in [0.3, 0.4) is 0 Å². The Bertz CT molecular complexity index is 386. The van der Waals surface area contributed by atoms with Crippen LogP contribution in [0.5, 0.6) is 5.75 Å². The molecule has 6 heteroatoms. The van der Waals surface area contributed by atoms with Crippen LogP contribution in [0.25, 0.3) is 0 Å². The quantitative estimate of drug-likeness (QED) is 0.729. The number of carbonyl (C=O) groups excluding carboxylic acids is 1. The Labute approximate surface area is 104 Å². The van der Waals surface area contributed by atoms with E-state index in [9.17, 15) is 13.6 Å². The van der Waals surface area contributed by atoms with Crippen LogP contribution in [0.2, 0.25) is 0 Å². The van der Waals surface area contributed by atoms with E-state index < -0.39 is 6.61 Å². The third-order valence-corrected chi connectivity index (χ3v) is 2.18. The number of para-hydroxylation sites is 1. The SMILES string of the molecule is CC(=O)NCCNCc1ccccc1OC(F)F. The first-order chi connectivity index (χ1) is 8.59. The molecule has 18 heavy (non-hydrogen) atoms. The Balaban J connectivity index is 2.39. The van der Waals surface area contributed by atoms with Gasteiger partial charge in [0.25, 0.3) is 0 Å². The van der Waals surface area contributed by atoms with Crippen molar-refractivity contribution >= 4 is 5.91 Å². The van der Waals surface area contributed by atoms with Crippen molar-refractivity contribution in [2.45, 2.75) is 20.1 Å². The topological polar surface area (TPSA) is 50.4 Å². The van der Waals surface area contributed by atoms with E-state index in [1.165, 1.54) is 13.0 Å². The van der Waals surface area contributed by atoms with Crippen molar-refractivity contribution in [2.24, 2.45) is 0 Å². The first-order valence-electron chi connectivity index (χ1n) is 5.57. The maximum absolute atomic E-state index is 12.1. The Kier molecular flexibility index (Phi) is 6.07. The molecular formula is C12H16F2N2O2. The minimum Gasteiger partial charge on any atom is -0.434 e. The molecule has 1 aromatic carbocycles. The van der Waals surface area contributed by atoms with Gasteiger partial charge in [0, 0.05) is 32.1 Å². The zero-order valence-corrected chi connectivity index (χ0v) is 10.1. The normalized spacial score (nSPS) is 10.4. The van der Waals surface area contributed by atoms with Crippen LogP contribution in [0.1, 0.15) is 12.5 Å². The van der Waals surface area contributed by atoms with Crippen LogP contribution in [0.4, 0.5) is 8.78 Å². The van der Waals surface area contributed by atoms with Crippen molar-refractivity contribution in [1.29, 1.82) is 0 Å². The second kappa shape index (κ2) is 7.60. The summed E-state index contributed by atoms with van der Waals surface area (Å²) in [6.45, 7) is 0.0647. The smallest absolute Gasteiger partial charge is 0.387 e. The number of amides is 1. The lowest BCUT2D eigenvalue weighted by Crippen LogP contribution is -2.30. The molecule has 1 rings (SSSR count). The summed E-state index contributed by atoms with van der Waals surface area (Å²) in [7, 11) is 0. The first-order valence-corrected chi connectivity index (χ1v) is 5.57. The number of alkyl halides is 2. The van der Waals surface area contributed by atoms with Crippen molar-refractivity contribution in [3.63, 3.8) is 0 Å². The average molecular weight is 258 g/mol. The Morgan fingerprint density at radius 3 is 2.72 bits per heavy atom. The van der Waals surface area contributed by atoms with E-state index in [1.807, 2.05) is 0 Å². The molecule has 0 unspecified atom stereocenters. The molecule has 1 amide bonds. The highest BCUT2D eigenvalue weighted by molar-refractivity contribution is 5.72. The molecule has 0 radical (unpaired) electrons. The zero-order chi connectivity index (χ0) is 13.4. The van der Waals surface area contributed by atoms with E-state index in [0.29, 0.717) is 25.2 Å². The number of ether oxygens (including phenoxy) is 1. The molecule has 1 aromatic rings. The summed E-state index contributed by atoms with van der Waals surface area (Å²) < 4.78 is 28.7. The summed E-state index contributed by atoms with van der Waals surface area (Å²) in [6.07, 6.45) is 0. The number of benzene rings is 1. The lowest BCUT2D eigenvalue weighted by molar-refractivity contribution is -0.118. The monoisotopic (exact) mass is 258 g/mol. The van der Waals surface area contributed by atoms with Crippen molar-refractivity contribution in [2.75, 3.05) is 13.1 Å². The highest BCUT2D eigenvalue weighted by Gasteiger charge is 2.08. The van der Waals surface area contributed by atoms with Gasteiger partial charge in [-0.25, -0.2) is 0 Å². The van der Waals surface area contributed by atoms with E-state index >= 15 is 0 Å². The molecule has 4 nitrogen and oxygen atoms in total. The number of halogens is 2. The summed E-state index contributed by atoms with van der Waals surface area (Å²) in [5.41, 5.74) is 0.653. The Hall–Kier alpha value is -1.69. The third kappa shape index (κ3) is 5.58. The summed E-state index contributed by atoms with van der Waals surface area (Å²) in [4.78, 5) is 10.6. The maximum atomic E-state index is 12.1. The van der Waals surface area contributed by atoms with Crippen LogP contribution in [-0.4, -0.2) is 25.6 Å². The number of rotatable bonds is 7. The predicted molar refractivity (Wildman–Crippen MR) is 63.5 cm³/mol. The van der Waals surface area contributed by atoms with Gasteiger partial charge in [-0.15, -0.1) is 0 Å². The molecule has 0 spiro atoms. The van der Waals surface area contributed by atoms with Crippen LogP contribution in [0, 0.1) is 0 Å². The Morgan fingerprint density at radius 1 is 1.33 bits per heavy atom. The van der Waals surface area contributed by atoms with Gasteiger partial charge in [0.2, 0.25) is 5.91 Å². The molecular weight excluding hydrogens is 242 g/mol. The lowest BCUT2D eigenvalue weighted by atomic mass is 10.2. The minimum absolute atomic E-state index is 0.0989. The molecule has 0 aliphatic rings. The fraction of sp³-hybridized carbons (Fsp3) is 0.417. The Morgan fingerprint density at radius 2 is 2.06 bits per heavy atom. The highest BCUT2D eigenvalue weighted by atomic mass is 19.3. The molecule has 2 N–H and O–H groups in total. The number of hydrogen-bond acceptors (Lipinski definition) is 3. The van der Waals surface area contributed by atoms with Gasteiger partial charge in [-0.2, -0.15) is 8.78 Å². The zero-order valence-electron chi connectivity index (χ0n) is 10.1. The summed E-state index contributed by atoms with van der Waals surface area (Å²) in [5.74, 6) is 0.0674. The molecule has 0 atom stereocenters. The predicted octanol–water partition coefficient (Wildman–Crippen LogP) is 1.51. The van der Waals surface area contributed by atoms with E-state index in [2.05, 4.69) is 15.4 Å². The van der Waals surface area contributed by atoms with E-state index in [4.69, 9.17) is 0 Å². The fourth-order valence-electron chi connectivity index (χ4n) is 1.41. The van der Waals surface area contributed by atoms with Crippen molar-refractivity contribution < 1.29 is 18.3 Å². The number of nitrogens with one attached hydrogen (secondary N) is 2. The van der Waals surface area contributed by atoms with Gasteiger partial charge in [0.15, 0.2) is 0 Å².